The van der Waals surface area contributed by atoms with Gasteiger partial charge in [0.2, 0.25) is 0 Å². The molecule has 1 aromatic carbocycles. The highest BCUT2D eigenvalue weighted by Gasteiger charge is 2.34. The first-order valence-corrected chi connectivity index (χ1v) is 8.00. The second-order valence-electron chi connectivity index (χ2n) is 5.84. The third-order valence-electron chi connectivity index (χ3n) is 4.35. The number of carbonyl (C=O) groups is 1. The monoisotopic (exact) mass is 350 g/mol. The van der Waals surface area contributed by atoms with E-state index in [1.807, 2.05) is 30.0 Å². The number of carbonyl (C=O) groups excluding carboxylic acids is 1. The van der Waals surface area contributed by atoms with Crippen molar-refractivity contribution in [2.45, 2.75) is 26.3 Å². The Morgan fingerprint density at radius 1 is 1.52 bits per heavy atom. The van der Waals surface area contributed by atoms with Gasteiger partial charge in [-0.3, -0.25) is 4.79 Å². The van der Waals surface area contributed by atoms with E-state index in [-0.39, 0.29) is 11.9 Å². The van der Waals surface area contributed by atoms with Gasteiger partial charge in [0.15, 0.2) is 5.76 Å². The van der Waals surface area contributed by atoms with Crippen LogP contribution in [-0.2, 0) is 0 Å². The maximum absolute atomic E-state index is 12.8. The van der Waals surface area contributed by atoms with Gasteiger partial charge in [-0.1, -0.05) is 15.9 Å². The van der Waals surface area contributed by atoms with E-state index in [0.29, 0.717) is 18.2 Å². The molecule has 1 aromatic heterocycles. The molecule has 21 heavy (non-hydrogen) atoms. The molecule has 1 fully saturated rings. The van der Waals surface area contributed by atoms with E-state index < -0.39 is 0 Å². The molecule has 4 nitrogen and oxygen atoms in total. The number of hydrogen-bond acceptors (Lipinski definition) is 3. The van der Waals surface area contributed by atoms with Gasteiger partial charge in [-0.15, -0.1) is 0 Å². The predicted molar refractivity (Wildman–Crippen MR) is 86.3 cm³/mol. The Morgan fingerprint density at radius 2 is 2.29 bits per heavy atom. The zero-order valence-corrected chi connectivity index (χ0v) is 13.8. The van der Waals surface area contributed by atoms with Crippen molar-refractivity contribution in [2.75, 3.05) is 13.1 Å². The van der Waals surface area contributed by atoms with Crippen molar-refractivity contribution in [3.63, 3.8) is 0 Å². The van der Waals surface area contributed by atoms with Crippen LogP contribution in [-0.4, -0.2) is 29.9 Å². The summed E-state index contributed by atoms with van der Waals surface area (Å²) in [7, 11) is 0. The van der Waals surface area contributed by atoms with E-state index in [9.17, 15) is 4.79 Å². The minimum atomic E-state index is -0.0247. The Labute approximate surface area is 132 Å². The summed E-state index contributed by atoms with van der Waals surface area (Å²) in [5.41, 5.74) is 7.39. The number of nitrogens with two attached hydrogens (primary N) is 1. The maximum atomic E-state index is 12.8. The van der Waals surface area contributed by atoms with Crippen molar-refractivity contribution in [1.82, 2.24) is 4.90 Å². The Hall–Kier alpha value is -1.33. The van der Waals surface area contributed by atoms with Crippen LogP contribution in [0.15, 0.2) is 27.1 Å². The van der Waals surface area contributed by atoms with Gasteiger partial charge in [0.05, 0.1) is 0 Å². The second-order valence-corrected chi connectivity index (χ2v) is 6.76. The van der Waals surface area contributed by atoms with Gasteiger partial charge in [-0.05, 0) is 50.9 Å². The second kappa shape index (κ2) is 5.46. The molecule has 2 unspecified atom stereocenters. The first-order chi connectivity index (χ1) is 10.0. The van der Waals surface area contributed by atoms with Crippen molar-refractivity contribution >= 4 is 32.8 Å². The third-order valence-corrected chi connectivity index (χ3v) is 4.84. The van der Waals surface area contributed by atoms with Crippen LogP contribution in [0.5, 0.6) is 0 Å². The average Bonchev–Trinajstić information content (AvgIpc) is 2.99. The lowest BCUT2D eigenvalue weighted by molar-refractivity contribution is 0.0712. The summed E-state index contributed by atoms with van der Waals surface area (Å²) in [4.78, 5) is 14.7. The lowest BCUT2D eigenvalue weighted by Crippen LogP contribution is -2.34. The SMILES string of the molecule is Cc1c(C(=O)N2CC(CN)CC2C)oc2ccc(Br)cc12. The normalized spacial score (nSPS) is 22.2. The first-order valence-electron chi connectivity index (χ1n) is 7.21. The minimum absolute atomic E-state index is 0.0247. The average molecular weight is 351 g/mol. The molecular formula is C16H19BrN2O2. The minimum Gasteiger partial charge on any atom is -0.451 e. The molecule has 2 N–H and O–H groups in total. The van der Waals surface area contributed by atoms with E-state index >= 15 is 0 Å². The summed E-state index contributed by atoms with van der Waals surface area (Å²) in [6.45, 7) is 5.35. The summed E-state index contributed by atoms with van der Waals surface area (Å²) >= 11 is 3.46. The number of hydrogen-bond donors (Lipinski definition) is 1. The highest BCUT2D eigenvalue weighted by atomic mass is 79.9. The van der Waals surface area contributed by atoms with Crippen LogP contribution >= 0.6 is 15.9 Å². The molecule has 1 aliphatic heterocycles. The zero-order valence-electron chi connectivity index (χ0n) is 12.2. The van der Waals surface area contributed by atoms with E-state index in [4.69, 9.17) is 10.2 Å². The van der Waals surface area contributed by atoms with Crippen molar-refractivity contribution in [2.24, 2.45) is 11.7 Å². The number of halogens is 1. The predicted octanol–water partition coefficient (Wildman–Crippen LogP) is 3.31. The number of likely N-dealkylation sites (tertiary alicyclic amines) is 1. The number of amides is 1. The van der Waals surface area contributed by atoms with Gasteiger partial charge >= 0.3 is 0 Å². The van der Waals surface area contributed by atoms with Gasteiger partial charge in [0, 0.05) is 28.0 Å². The molecule has 2 aromatic rings. The summed E-state index contributed by atoms with van der Waals surface area (Å²) in [5, 5.41) is 0.981. The van der Waals surface area contributed by atoms with Gasteiger partial charge < -0.3 is 15.1 Å². The van der Waals surface area contributed by atoms with Crippen LogP contribution < -0.4 is 5.73 Å². The van der Waals surface area contributed by atoms with Crippen LogP contribution in [0.25, 0.3) is 11.0 Å². The Balaban J connectivity index is 1.97. The highest BCUT2D eigenvalue weighted by molar-refractivity contribution is 9.10. The number of aryl methyl sites for hydroxylation is 1. The number of rotatable bonds is 2. The Morgan fingerprint density at radius 3 is 2.95 bits per heavy atom. The van der Waals surface area contributed by atoms with E-state index in [0.717, 1.165) is 34.0 Å². The quantitative estimate of drug-likeness (QED) is 0.903. The van der Waals surface area contributed by atoms with Crippen LogP contribution in [0, 0.1) is 12.8 Å². The Kier molecular flexibility index (Phi) is 3.80. The molecule has 2 atom stereocenters. The highest BCUT2D eigenvalue weighted by Crippen LogP contribution is 2.31. The molecule has 0 radical (unpaired) electrons. The van der Waals surface area contributed by atoms with Gasteiger partial charge in [0.1, 0.15) is 5.58 Å². The molecule has 0 saturated carbocycles. The van der Waals surface area contributed by atoms with Gasteiger partial charge in [-0.25, -0.2) is 0 Å². The maximum Gasteiger partial charge on any atom is 0.290 e. The van der Waals surface area contributed by atoms with Gasteiger partial charge in [-0.2, -0.15) is 0 Å². The van der Waals surface area contributed by atoms with E-state index in [1.165, 1.54) is 0 Å². The van der Waals surface area contributed by atoms with Crippen molar-refractivity contribution in [3.05, 3.63) is 34.0 Å². The number of fused-ring (bicyclic) bond motifs is 1. The number of benzene rings is 1. The lowest BCUT2D eigenvalue weighted by atomic mass is 10.1. The van der Waals surface area contributed by atoms with Crippen LogP contribution in [0.2, 0.25) is 0 Å². The molecule has 2 heterocycles. The Bertz CT molecular complexity index is 695. The fraction of sp³-hybridized carbons (Fsp3) is 0.438. The fourth-order valence-corrected chi connectivity index (χ4v) is 3.48. The summed E-state index contributed by atoms with van der Waals surface area (Å²) in [6.07, 6.45) is 0.965. The van der Waals surface area contributed by atoms with Gasteiger partial charge in [0.25, 0.3) is 5.91 Å². The molecule has 0 bridgehead atoms. The summed E-state index contributed by atoms with van der Waals surface area (Å²) in [6, 6.07) is 6.01. The zero-order chi connectivity index (χ0) is 15.1. The molecular weight excluding hydrogens is 332 g/mol. The molecule has 3 rings (SSSR count). The molecule has 1 saturated heterocycles. The summed E-state index contributed by atoms with van der Waals surface area (Å²) < 4.78 is 6.78. The largest absolute Gasteiger partial charge is 0.451 e. The lowest BCUT2D eigenvalue weighted by Gasteiger charge is -2.20. The standard InChI is InChI=1S/C16H19BrN2O2/c1-9-5-11(7-18)8-19(9)16(20)15-10(2)13-6-12(17)3-4-14(13)21-15/h3-4,6,9,11H,5,7-8,18H2,1-2H3. The number of nitrogens with zero attached hydrogens (tertiary/aromatic N) is 1. The molecule has 5 heteroatoms. The van der Waals surface area contributed by atoms with Crippen molar-refractivity contribution in [3.8, 4) is 0 Å². The van der Waals surface area contributed by atoms with E-state index in [2.05, 4.69) is 22.9 Å². The fourth-order valence-electron chi connectivity index (χ4n) is 3.12. The van der Waals surface area contributed by atoms with Crippen LogP contribution in [0.1, 0.15) is 29.5 Å². The smallest absolute Gasteiger partial charge is 0.290 e. The van der Waals surface area contributed by atoms with Crippen molar-refractivity contribution < 1.29 is 9.21 Å². The third kappa shape index (κ3) is 2.49. The van der Waals surface area contributed by atoms with Crippen LogP contribution in [0.4, 0.5) is 0 Å². The van der Waals surface area contributed by atoms with E-state index in [1.54, 1.807) is 0 Å². The molecule has 1 amide bonds. The summed E-state index contributed by atoms with van der Waals surface area (Å²) in [5.74, 6) is 0.818. The molecule has 1 aliphatic rings. The molecule has 112 valence electrons. The number of furan rings is 1. The topological polar surface area (TPSA) is 59.5 Å². The first kappa shape index (κ1) is 14.6. The van der Waals surface area contributed by atoms with Crippen molar-refractivity contribution in [1.29, 1.82) is 0 Å². The molecule has 0 spiro atoms. The van der Waals surface area contributed by atoms with Crippen LogP contribution in [0.3, 0.4) is 0 Å². The molecule has 0 aliphatic carbocycles.